The first-order valence-corrected chi connectivity index (χ1v) is 5.67. The summed E-state index contributed by atoms with van der Waals surface area (Å²) in [5.74, 6) is 0. The summed E-state index contributed by atoms with van der Waals surface area (Å²) < 4.78 is 0. The van der Waals surface area contributed by atoms with Crippen LogP contribution in [0.5, 0.6) is 0 Å². The molecule has 0 bridgehead atoms. The average Bonchev–Trinajstić information content (AvgIpc) is 2.79. The monoisotopic (exact) mass is 215 g/mol. The van der Waals surface area contributed by atoms with E-state index in [0.717, 1.165) is 23.4 Å². The third-order valence-corrected chi connectivity index (χ3v) is 2.64. The van der Waals surface area contributed by atoms with Crippen LogP contribution in [0.15, 0.2) is 30.3 Å². The van der Waals surface area contributed by atoms with Crippen LogP contribution in [0, 0.1) is 0 Å². The lowest BCUT2D eigenvalue weighted by molar-refractivity contribution is 0.922. The predicted octanol–water partition coefficient (Wildman–Crippen LogP) is 2.49. The van der Waals surface area contributed by atoms with Crippen molar-refractivity contribution in [1.29, 1.82) is 0 Å². The standard InChI is InChI=1S/C13H17N3/c1-2-3-10-4-6-11(7-5-10)13-8-12(9-14)15-16-13/h4-8H,2-3,9,14H2,1H3,(H,15,16). The van der Waals surface area contributed by atoms with Crippen LogP contribution in [0.2, 0.25) is 0 Å². The summed E-state index contributed by atoms with van der Waals surface area (Å²) in [4.78, 5) is 0. The van der Waals surface area contributed by atoms with Gasteiger partial charge in [-0.05, 0) is 18.1 Å². The van der Waals surface area contributed by atoms with Crippen LogP contribution in [-0.2, 0) is 13.0 Å². The van der Waals surface area contributed by atoms with Crippen molar-refractivity contribution >= 4 is 0 Å². The Labute approximate surface area is 95.7 Å². The largest absolute Gasteiger partial charge is 0.325 e. The summed E-state index contributed by atoms with van der Waals surface area (Å²) in [5, 5.41) is 7.15. The topological polar surface area (TPSA) is 54.7 Å². The molecule has 1 heterocycles. The van der Waals surface area contributed by atoms with E-state index in [9.17, 15) is 0 Å². The molecule has 0 spiro atoms. The Morgan fingerprint density at radius 2 is 2.00 bits per heavy atom. The van der Waals surface area contributed by atoms with Crippen molar-refractivity contribution in [3.05, 3.63) is 41.6 Å². The highest BCUT2D eigenvalue weighted by Gasteiger charge is 2.02. The number of aromatic nitrogens is 2. The summed E-state index contributed by atoms with van der Waals surface area (Å²) in [6.07, 6.45) is 2.31. The Hall–Kier alpha value is -1.61. The molecular formula is C13H17N3. The van der Waals surface area contributed by atoms with Gasteiger partial charge in [-0.1, -0.05) is 37.6 Å². The fourth-order valence-corrected chi connectivity index (χ4v) is 1.74. The van der Waals surface area contributed by atoms with Crippen LogP contribution in [-0.4, -0.2) is 10.2 Å². The minimum Gasteiger partial charge on any atom is -0.325 e. The molecule has 1 aromatic carbocycles. The highest BCUT2D eigenvalue weighted by molar-refractivity contribution is 5.59. The van der Waals surface area contributed by atoms with Gasteiger partial charge in [0.2, 0.25) is 0 Å². The first kappa shape index (κ1) is 10.9. The maximum Gasteiger partial charge on any atom is 0.0924 e. The van der Waals surface area contributed by atoms with Gasteiger partial charge in [-0.3, -0.25) is 5.10 Å². The summed E-state index contributed by atoms with van der Waals surface area (Å²) >= 11 is 0. The lowest BCUT2D eigenvalue weighted by Crippen LogP contribution is -1.95. The SMILES string of the molecule is CCCc1ccc(-c2cc(CN)[nH]n2)cc1. The number of H-pyrrole nitrogens is 1. The number of aromatic amines is 1. The summed E-state index contributed by atoms with van der Waals surface area (Å²) in [6.45, 7) is 2.69. The number of nitrogens with two attached hydrogens (primary N) is 1. The first-order chi connectivity index (χ1) is 7.83. The maximum absolute atomic E-state index is 5.53. The third-order valence-electron chi connectivity index (χ3n) is 2.64. The highest BCUT2D eigenvalue weighted by Crippen LogP contribution is 2.18. The molecular weight excluding hydrogens is 198 g/mol. The summed E-state index contributed by atoms with van der Waals surface area (Å²) in [5.41, 5.74) is 9.97. The Bertz CT molecular complexity index is 442. The normalized spacial score (nSPS) is 10.6. The molecule has 0 saturated carbocycles. The number of nitrogens with zero attached hydrogens (tertiary/aromatic N) is 1. The van der Waals surface area contributed by atoms with Crippen LogP contribution < -0.4 is 5.73 Å². The van der Waals surface area contributed by atoms with Crippen LogP contribution in [0.25, 0.3) is 11.3 Å². The molecule has 16 heavy (non-hydrogen) atoms. The van der Waals surface area contributed by atoms with Crippen LogP contribution >= 0.6 is 0 Å². The van der Waals surface area contributed by atoms with Crippen molar-refractivity contribution in [1.82, 2.24) is 10.2 Å². The van der Waals surface area contributed by atoms with E-state index in [2.05, 4.69) is 41.4 Å². The van der Waals surface area contributed by atoms with Crippen LogP contribution in [0.4, 0.5) is 0 Å². The Morgan fingerprint density at radius 1 is 1.25 bits per heavy atom. The average molecular weight is 215 g/mol. The second-order valence-corrected chi connectivity index (χ2v) is 3.93. The van der Waals surface area contributed by atoms with Gasteiger partial charge in [0.05, 0.1) is 5.69 Å². The van der Waals surface area contributed by atoms with Gasteiger partial charge in [0.15, 0.2) is 0 Å². The molecule has 3 nitrogen and oxygen atoms in total. The second kappa shape index (κ2) is 4.94. The molecule has 2 aromatic rings. The smallest absolute Gasteiger partial charge is 0.0924 e. The zero-order valence-electron chi connectivity index (χ0n) is 9.53. The maximum atomic E-state index is 5.53. The molecule has 0 atom stereocenters. The van der Waals surface area contributed by atoms with Crippen molar-refractivity contribution in [2.45, 2.75) is 26.3 Å². The van der Waals surface area contributed by atoms with Crippen molar-refractivity contribution in [3.63, 3.8) is 0 Å². The number of aryl methyl sites for hydroxylation is 1. The van der Waals surface area contributed by atoms with E-state index in [0.29, 0.717) is 6.54 Å². The van der Waals surface area contributed by atoms with Gasteiger partial charge < -0.3 is 5.73 Å². The van der Waals surface area contributed by atoms with Crippen LogP contribution in [0.3, 0.4) is 0 Å². The second-order valence-electron chi connectivity index (χ2n) is 3.93. The number of rotatable bonds is 4. The number of benzene rings is 1. The predicted molar refractivity (Wildman–Crippen MR) is 65.9 cm³/mol. The van der Waals surface area contributed by atoms with E-state index in [4.69, 9.17) is 5.73 Å². The molecule has 0 aliphatic rings. The Balaban J connectivity index is 2.20. The van der Waals surface area contributed by atoms with Crippen LogP contribution in [0.1, 0.15) is 24.6 Å². The number of hydrogen-bond donors (Lipinski definition) is 2. The van der Waals surface area contributed by atoms with Gasteiger partial charge in [-0.25, -0.2) is 0 Å². The van der Waals surface area contributed by atoms with Crippen molar-refractivity contribution in [2.24, 2.45) is 5.73 Å². The van der Waals surface area contributed by atoms with Gasteiger partial charge in [0.25, 0.3) is 0 Å². The molecule has 0 aliphatic carbocycles. The van der Waals surface area contributed by atoms with Gasteiger partial charge >= 0.3 is 0 Å². The molecule has 0 saturated heterocycles. The molecule has 84 valence electrons. The zero-order chi connectivity index (χ0) is 11.4. The molecule has 2 rings (SSSR count). The van der Waals surface area contributed by atoms with E-state index in [1.807, 2.05) is 6.07 Å². The van der Waals surface area contributed by atoms with Crippen molar-refractivity contribution in [3.8, 4) is 11.3 Å². The van der Waals surface area contributed by atoms with Crippen molar-refractivity contribution in [2.75, 3.05) is 0 Å². The van der Waals surface area contributed by atoms with E-state index in [1.165, 1.54) is 12.0 Å². The molecule has 0 radical (unpaired) electrons. The fraction of sp³-hybridized carbons (Fsp3) is 0.308. The summed E-state index contributed by atoms with van der Waals surface area (Å²) in [6, 6.07) is 10.5. The molecule has 3 N–H and O–H groups in total. The molecule has 1 aromatic heterocycles. The van der Waals surface area contributed by atoms with Gasteiger partial charge in [0, 0.05) is 17.8 Å². The quantitative estimate of drug-likeness (QED) is 0.823. The minimum absolute atomic E-state index is 0.501. The van der Waals surface area contributed by atoms with Crippen molar-refractivity contribution < 1.29 is 0 Å². The first-order valence-electron chi connectivity index (χ1n) is 5.67. The minimum atomic E-state index is 0.501. The number of nitrogens with one attached hydrogen (secondary N) is 1. The molecule has 0 aliphatic heterocycles. The lowest BCUT2D eigenvalue weighted by atomic mass is 10.1. The summed E-state index contributed by atoms with van der Waals surface area (Å²) in [7, 11) is 0. The van der Waals surface area contributed by atoms with Gasteiger partial charge in [-0.2, -0.15) is 5.10 Å². The Kier molecular flexibility index (Phi) is 3.37. The molecule has 0 fully saturated rings. The van der Waals surface area contributed by atoms with E-state index >= 15 is 0 Å². The number of hydrogen-bond acceptors (Lipinski definition) is 2. The van der Waals surface area contributed by atoms with E-state index in [-0.39, 0.29) is 0 Å². The molecule has 0 amide bonds. The fourth-order valence-electron chi connectivity index (χ4n) is 1.74. The van der Waals surface area contributed by atoms with E-state index in [1.54, 1.807) is 0 Å². The van der Waals surface area contributed by atoms with E-state index < -0.39 is 0 Å². The Morgan fingerprint density at radius 3 is 2.56 bits per heavy atom. The molecule has 3 heteroatoms. The molecule has 0 unspecified atom stereocenters. The lowest BCUT2D eigenvalue weighted by Gasteiger charge is -2.00. The van der Waals surface area contributed by atoms with Gasteiger partial charge in [0.1, 0.15) is 0 Å². The zero-order valence-corrected chi connectivity index (χ0v) is 9.53. The van der Waals surface area contributed by atoms with Gasteiger partial charge in [-0.15, -0.1) is 0 Å². The highest BCUT2D eigenvalue weighted by atomic mass is 15.1. The third kappa shape index (κ3) is 2.31.